The van der Waals surface area contributed by atoms with E-state index in [2.05, 4.69) is 33.5 Å². The Balaban J connectivity index is 3.07. The van der Waals surface area contributed by atoms with E-state index in [1.54, 1.807) is 0 Å². The molecule has 0 fully saturated rings. The zero-order chi connectivity index (χ0) is 25.2. The summed E-state index contributed by atoms with van der Waals surface area (Å²) in [7, 11) is -1.44. The average Bonchev–Trinajstić information content (AvgIpc) is 2.78. The van der Waals surface area contributed by atoms with Crippen LogP contribution >= 0.6 is 0 Å². The van der Waals surface area contributed by atoms with Crippen molar-refractivity contribution < 1.29 is 42.3 Å². The largest absolute Gasteiger partial charge is 0.415 e. The van der Waals surface area contributed by atoms with Gasteiger partial charge >= 0.3 is 0 Å². The van der Waals surface area contributed by atoms with Gasteiger partial charge in [0.15, 0.2) is 8.32 Å². The third-order valence-corrected chi connectivity index (χ3v) is 5.39. The van der Waals surface area contributed by atoms with Crippen molar-refractivity contribution in [3.8, 4) is 0 Å². The van der Waals surface area contributed by atoms with Gasteiger partial charge in [0.1, 0.15) is 0 Å². The fourth-order valence-electron chi connectivity index (χ4n) is 2.63. The maximum absolute atomic E-state index is 5.71. The molecule has 206 valence electrons. The molecule has 0 radical (unpaired) electrons. The Labute approximate surface area is 209 Å². The molecule has 0 amide bonds. The summed E-state index contributed by atoms with van der Waals surface area (Å²) in [5, 5.41) is 0. The van der Waals surface area contributed by atoms with Gasteiger partial charge in [-0.15, -0.1) is 0 Å². The van der Waals surface area contributed by atoms with Crippen molar-refractivity contribution in [2.75, 3.05) is 106 Å². The van der Waals surface area contributed by atoms with Gasteiger partial charge in [0.25, 0.3) is 0 Å². The van der Waals surface area contributed by atoms with Gasteiger partial charge in [-0.05, 0) is 33.0 Å². The zero-order valence-corrected chi connectivity index (χ0v) is 23.5. The van der Waals surface area contributed by atoms with Gasteiger partial charge in [0.2, 0.25) is 0 Å². The SMILES string of the molecule is CCCC(C)OCCOCCOCCOCCOCCOCCOCCOCCO[Si](C)(C)C. The second kappa shape index (κ2) is 25.9. The fourth-order valence-corrected chi connectivity index (χ4v) is 3.32. The van der Waals surface area contributed by atoms with Crippen LogP contribution in [0, 0.1) is 0 Å². The van der Waals surface area contributed by atoms with E-state index in [0.717, 1.165) is 12.8 Å². The summed E-state index contributed by atoms with van der Waals surface area (Å²) in [5.41, 5.74) is 0. The van der Waals surface area contributed by atoms with Crippen molar-refractivity contribution in [1.29, 1.82) is 0 Å². The lowest BCUT2D eigenvalue weighted by molar-refractivity contribution is -0.0274. The Kier molecular flexibility index (Phi) is 25.8. The molecule has 0 spiro atoms. The number of ether oxygens (including phenoxy) is 8. The van der Waals surface area contributed by atoms with E-state index in [4.69, 9.17) is 42.3 Å². The molecule has 0 aromatic rings. The second-order valence-electron chi connectivity index (χ2n) is 8.72. The number of hydrogen-bond donors (Lipinski definition) is 0. The first-order valence-corrected chi connectivity index (χ1v) is 16.2. The van der Waals surface area contributed by atoms with E-state index in [9.17, 15) is 0 Å². The summed E-state index contributed by atoms with van der Waals surface area (Å²) in [5.74, 6) is 0. The van der Waals surface area contributed by atoms with Crippen LogP contribution in [0.4, 0.5) is 0 Å². The predicted molar refractivity (Wildman–Crippen MR) is 135 cm³/mol. The molecule has 10 heteroatoms. The molecular weight excluding hydrogens is 460 g/mol. The lowest BCUT2D eigenvalue weighted by Crippen LogP contribution is -2.27. The van der Waals surface area contributed by atoms with Crippen molar-refractivity contribution in [2.24, 2.45) is 0 Å². The lowest BCUT2D eigenvalue weighted by Gasteiger charge is -2.16. The first kappa shape index (κ1) is 33.9. The van der Waals surface area contributed by atoms with Crippen LogP contribution in [0.25, 0.3) is 0 Å². The van der Waals surface area contributed by atoms with Gasteiger partial charge in [0.05, 0.1) is 112 Å². The molecule has 0 rings (SSSR count). The summed E-state index contributed by atoms with van der Waals surface area (Å²) in [4.78, 5) is 0. The van der Waals surface area contributed by atoms with Gasteiger partial charge in [-0.3, -0.25) is 0 Å². The minimum absolute atomic E-state index is 0.305. The standard InChI is InChI=1S/C24H52O9Si/c1-6-7-24(2)32-22-20-30-18-16-28-14-12-26-10-8-25-9-11-27-13-15-29-17-19-31-21-23-33-34(3,4)5/h24H,6-23H2,1-5H3. The normalized spacial score (nSPS) is 13.0. The van der Waals surface area contributed by atoms with Gasteiger partial charge in [0, 0.05) is 0 Å². The molecular formula is C24H52O9Si. The third-order valence-electron chi connectivity index (χ3n) is 4.32. The zero-order valence-electron chi connectivity index (χ0n) is 22.5. The van der Waals surface area contributed by atoms with Crippen LogP contribution in [0.15, 0.2) is 0 Å². The second-order valence-corrected chi connectivity index (χ2v) is 13.2. The van der Waals surface area contributed by atoms with Gasteiger partial charge < -0.3 is 42.3 Å². The number of rotatable bonds is 28. The van der Waals surface area contributed by atoms with Crippen LogP contribution < -0.4 is 0 Å². The third kappa shape index (κ3) is 29.9. The quantitative estimate of drug-likeness (QED) is 0.116. The van der Waals surface area contributed by atoms with Crippen molar-refractivity contribution in [2.45, 2.75) is 52.4 Å². The van der Waals surface area contributed by atoms with Gasteiger partial charge in [-0.2, -0.15) is 0 Å². The lowest BCUT2D eigenvalue weighted by atomic mass is 10.2. The molecule has 1 unspecified atom stereocenters. The fraction of sp³-hybridized carbons (Fsp3) is 1.00. The van der Waals surface area contributed by atoms with E-state index >= 15 is 0 Å². The topological polar surface area (TPSA) is 83.1 Å². The van der Waals surface area contributed by atoms with E-state index in [0.29, 0.717) is 112 Å². The molecule has 0 heterocycles. The van der Waals surface area contributed by atoms with E-state index in [-0.39, 0.29) is 0 Å². The first-order valence-electron chi connectivity index (χ1n) is 12.8. The highest BCUT2D eigenvalue weighted by atomic mass is 28.4. The Morgan fingerprint density at radius 3 is 1.06 bits per heavy atom. The molecule has 0 aromatic carbocycles. The van der Waals surface area contributed by atoms with Crippen LogP contribution in [0.2, 0.25) is 19.6 Å². The highest BCUT2D eigenvalue weighted by molar-refractivity contribution is 6.69. The molecule has 0 saturated heterocycles. The number of hydrogen-bond acceptors (Lipinski definition) is 9. The molecule has 0 bridgehead atoms. The first-order chi connectivity index (χ1) is 16.5. The molecule has 0 saturated carbocycles. The summed E-state index contributed by atoms with van der Waals surface area (Å²) in [6, 6.07) is 0. The highest BCUT2D eigenvalue weighted by Crippen LogP contribution is 2.01. The minimum atomic E-state index is -1.44. The molecule has 9 nitrogen and oxygen atoms in total. The summed E-state index contributed by atoms with van der Waals surface area (Å²) in [6.45, 7) is 19.9. The van der Waals surface area contributed by atoms with Crippen molar-refractivity contribution in [3.05, 3.63) is 0 Å². The molecule has 0 aliphatic heterocycles. The van der Waals surface area contributed by atoms with Crippen molar-refractivity contribution >= 4 is 8.32 Å². The van der Waals surface area contributed by atoms with Gasteiger partial charge in [-0.25, -0.2) is 0 Å². The van der Waals surface area contributed by atoms with Crippen LogP contribution in [0.3, 0.4) is 0 Å². The summed E-state index contributed by atoms with van der Waals surface area (Å²) < 4.78 is 49.6. The maximum atomic E-state index is 5.71. The molecule has 0 aromatic heterocycles. The van der Waals surface area contributed by atoms with E-state index < -0.39 is 8.32 Å². The predicted octanol–water partition coefficient (Wildman–Crippen LogP) is 3.16. The van der Waals surface area contributed by atoms with Crippen molar-refractivity contribution in [3.63, 3.8) is 0 Å². The average molecular weight is 513 g/mol. The van der Waals surface area contributed by atoms with Crippen LogP contribution in [0.1, 0.15) is 26.7 Å². The Bertz CT molecular complexity index is 397. The Morgan fingerprint density at radius 1 is 0.471 bits per heavy atom. The minimum Gasteiger partial charge on any atom is -0.415 e. The smallest absolute Gasteiger partial charge is 0.183 e. The van der Waals surface area contributed by atoms with Crippen LogP contribution in [-0.4, -0.2) is 120 Å². The molecule has 0 aliphatic rings. The Hall–Kier alpha value is -0.143. The molecule has 0 N–H and O–H groups in total. The van der Waals surface area contributed by atoms with Crippen LogP contribution in [0.5, 0.6) is 0 Å². The Morgan fingerprint density at radius 2 is 0.765 bits per heavy atom. The highest BCUT2D eigenvalue weighted by Gasteiger charge is 2.13. The summed E-state index contributed by atoms with van der Waals surface area (Å²) in [6.07, 6.45) is 2.53. The molecule has 1 atom stereocenters. The van der Waals surface area contributed by atoms with E-state index in [1.165, 1.54) is 0 Å². The summed E-state index contributed by atoms with van der Waals surface area (Å²) >= 11 is 0. The van der Waals surface area contributed by atoms with Crippen molar-refractivity contribution in [1.82, 2.24) is 0 Å². The van der Waals surface area contributed by atoms with E-state index in [1.807, 2.05) is 0 Å². The monoisotopic (exact) mass is 512 g/mol. The molecule has 34 heavy (non-hydrogen) atoms. The molecule has 0 aliphatic carbocycles. The van der Waals surface area contributed by atoms with Gasteiger partial charge in [-0.1, -0.05) is 13.3 Å². The maximum Gasteiger partial charge on any atom is 0.183 e. The van der Waals surface area contributed by atoms with Crippen LogP contribution in [-0.2, 0) is 42.3 Å².